The normalized spacial score (nSPS) is 16.1. The van der Waals surface area contributed by atoms with Gasteiger partial charge in [-0.25, -0.2) is 8.42 Å². The van der Waals surface area contributed by atoms with Crippen LogP contribution in [0.4, 0.5) is 11.4 Å². The first kappa shape index (κ1) is 20.2. The van der Waals surface area contributed by atoms with Crippen LogP contribution < -0.4 is 9.21 Å². The molecular formula is C24H24N2O3S. The Bertz CT molecular complexity index is 1160. The largest absolute Gasteiger partial charge is 0.305 e. The highest BCUT2D eigenvalue weighted by molar-refractivity contribution is 7.92. The summed E-state index contributed by atoms with van der Waals surface area (Å²) < 4.78 is 27.2. The summed E-state index contributed by atoms with van der Waals surface area (Å²) in [6.07, 6.45) is 1.85. The van der Waals surface area contributed by atoms with E-state index in [2.05, 4.69) is 6.07 Å². The number of carbonyl (C=O) groups is 1. The van der Waals surface area contributed by atoms with Gasteiger partial charge in [-0.1, -0.05) is 36.4 Å². The first-order valence-electron chi connectivity index (χ1n) is 9.95. The fourth-order valence-electron chi connectivity index (χ4n) is 3.84. The van der Waals surface area contributed by atoms with Crippen LogP contribution in [0.2, 0.25) is 0 Å². The van der Waals surface area contributed by atoms with Gasteiger partial charge in [0.2, 0.25) is 0 Å². The highest BCUT2D eigenvalue weighted by Gasteiger charge is 2.29. The number of hydrogen-bond acceptors (Lipinski definition) is 3. The van der Waals surface area contributed by atoms with Crippen molar-refractivity contribution in [2.24, 2.45) is 0 Å². The molecule has 4 rings (SSSR count). The molecule has 0 aromatic heterocycles. The molecule has 0 saturated carbocycles. The highest BCUT2D eigenvalue weighted by Crippen LogP contribution is 2.32. The summed E-state index contributed by atoms with van der Waals surface area (Å²) in [6.45, 7) is 2.04. The van der Waals surface area contributed by atoms with Crippen LogP contribution in [0.15, 0.2) is 83.8 Å². The van der Waals surface area contributed by atoms with Crippen LogP contribution >= 0.6 is 0 Å². The Morgan fingerprint density at radius 2 is 1.57 bits per heavy atom. The van der Waals surface area contributed by atoms with E-state index in [1.807, 2.05) is 36.1 Å². The molecule has 0 spiro atoms. The molecule has 1 unspecified atom stereocenters. The lowest BCUT2D eigenvalue weighted by Gasteiger charge is -2.35. The van der Waals surface area contributed by atoms with Gasteiger partial charge in [-0.05, 0) is 67.8 Å². The Kier molecular flexibility index (Phi) is 5.35. The van der Waals surface area contributed by atoms with Crippen LogP contribution in [-0.4, -0.2) is 27.4 Å². The molecule has 1 aliphatic rings. The third-order valence-electron chi connectivity index (χ3n) is 5.62. The number of hydrogen-bond donors (Lipinski definition) is 0. The number of aryl methyl sites for hydroxylation is 1. The van der Waals surface area contributed by atoms with Gasteiger partial charge >= 0.3 is 0 Å². The van der Waals surface area contributed by atoms with E-state index in [9.17, 15) is 13.2 Å². The summed E-state index contributed by atoms with van der Waals surface area (Å²) in [7, 11) is -2.19. The fraction of sp³-hybridized carbons (Fsp3) is 0.208. The minimum absolute atomic E-state index is 0.0834. The maximum absolute atomic E-state index is 13.3. The number of rotatable bonds is 4. The van der Waals surface area contributed by atoms with E-state index >= 15 is 0 Å². The van der Waals surface area contributed by atoms with Crippen molar-refractivity contribution in [3.63, 3.8) is 0 Å². The second kappa shape index (κ2) is 7.95. The summed E-state index contributed by atoms with van der Waals surface area (Å²) in [6, 6.07) is 23.1. The molecule has 1 aliphatic heterocycles. The lowest BCUT2D eigenvalue weighted by Crippen LogP contribution is -2.42. The number of fused-ring (bicyclic) bond motifs is 1. The van der Waals surface area contributed by atoms with Crippen molar-refractivity contribution >= 4 is 27.3 Å². The zero-order valence-electron chi connectivity index (χ0n) is 17.0. The average Bonchev–Trinajstić information content (AvgIpc) is 2.78. The minimum atomic E-state index is -3.71. The van der Waals surface area contributed by atoms with Crippen LogP contribution in [0, 0.1) is 0 Å². The molecule has 0 fully saturated rings. The zero-order valence-corrected chi connectivity index (χ0v) is 17.8. The van der Waals surface area contributed by atoms with E-state index in [1.165, 1.54) is 23.5 Å². The number of sulfonamides is 1. The molecule has 30 heavy (non-hydrogen) atoms. The Hall–Kier alpha value is -3.12. The standard InChI is InChI=1S/C24H24N2O3S/c1-18-12-13-19-8-6-7-11-23(19)26(18)24(27)20-14-16-22(17-15-20)30(28,29)25(2)21-9-4-3-5-10-21/h3-11,14-18H,12-13H2,1-2H3. The molecule has 1 heterocycles. The number of benzene rings is 3. The van der Waals surface area contributed by atoms with Gasteiger partial charge < -0.3 is 4.90 Å². The Morgan fingerprint density at radius 1 is 0.933 bits per heavy atom. The smallest absolute Gasteiger partial charge is 0.264 e. The molecule has 0 aliphatic carbocycles. The van der Waals surface area contributed by atoms with Crippen molar-refractivity contribution in [1.82, 2.24) is 0 Å². The van der Waals surface area contributed by atoms with E-state index in [1.54, 1.807) is 36.4 Å². The third-order valence-corrected chi connectivity index (χ3v) is 7.42. The van der Waals surface area contributed by atoms with E-state index in [0.717, 1.165) is 24.1 Å². The second-order valence-electron chi connectivity index (χ2n) is 7.52. The number of nitrogens with zero attached hydrogens (tertiary/aromatic N) is 2. The topological polar surface area (TPSA) is 57.7 Å². The third kappa shape index (κ3) is 3.59. The van der Waals surface area contributed by atoms with Gasteiger partial charge in [0.25, 0.3) is 15.9 Å². The molecule has 3 aromatic rings. The van der Waals surface area contributed by atoms with Crippen molar-refractivity contribution < 1.29 is 13.2 Å². The quantitative estimate of drug-likeness (QED) is 0.625. The Balaban J connectivity index is 1.62. The van der Waals surface area contributed by atoms with E-state index in [4.69, 9.17) is 0 Å². The summed E-state index contributed by atoms with van der Waals surface area (Å²) in [4.78, 5) is 15.2. The molecule has 0 saturated heterocycles. The first-order valence-corrected chi connectivity index (χ1v) is 11.4. The van der Waals surface area contributed by atoms with Gasteiger partial charge in [-0.3, -0.25) is 9.10 Å². The van der Waals surface area contributed by atoms with Crippen molar-refractivity contribution in [3.05, 3.63) is 90.0 Å². The average molecular weight is 421 g/mol. The number of para-hydroxylation sites is 2. The lowest BCUT2D eigenvalue weighted by molar-refractivity contribution is 0.0975. The number of anilines is 2. The SMILES string of the molecule is CC1CCc2ccccc2N1C(=O)c1ccc(S(=O)(=O)N(C)c2ccccc2)cc1. The monoisotopic (exact) mass is 420 g/mol. The van der Waals surface area contributed by atoms with Crippen LogP contribution in [0.25, 0.3) is 0 Å². The van der Waals surface area contributed by atoms with Crippen molar-refractivity contribution in [3.8, 4) is 0 Å². The van der Waals surface area contributed by atoms with Crippen molar-refractivity contribution in [2.45, 2.75) is 30.7 Å². The Labute approximate surface area is 177 Å². The van der Waals surface area contributed by atoms with Crippen LogP contribution in [0.5, 0.6) is 0 Å². The first-order chi connectivity index (χ1) is 14.4. The van der Waals surface area contributed by atoms with Crippen LogP contribution in [0.3, 0.4) is 0 Å². The fourth-order valence-corrected chi connectivity index (χ4v) is 5.04. The molecule has 3 aromatic carbocycles. The van der Waals surface area contributed by atoms with Gasteiger partial charge in [0.1, 0.15) is 0 Å². The summed E-state index contributed by atoms with van der Waals surface area (Å²) in [5.41, 5.74) is 3.14. The molecule has 154 valence electrons. The molecule has 0 bridgehead atoms. The van der Waals surface area contributed by atoms with Gasteiger partial charge in [0.15, 0.2) is 0 Å². The van der Waals surface area contributed by atoms with Gasteiger partial charge in [-0.15, -0.1) is 0 Å². The van der Waals surface area contributed by atoms with Gasteiger partial charge in [-0.2, -0.15) is 0 Å². The molecular weight excluding hydrogens is 396 g/mol. The van der Waals surface area contributed by atoms with Gasteiger partial charge in [0, 0.05) is 24.3 Å². The maximum atomic E-state index is 13.3. The number of carbonyl (C=O) groups excluding carboxylic acids is 1. The van der Waals surface area contributed by atoms with Crippen LogP contribution in [-0.2, 0) is 16.4 Å². The molecule has 0 N–H and O–H groups in total. The van der Waals surface area contributed by atoms with Gasteiger partial charge in [0.05, 0.1) is 10.6 Å². The van der Waals surface area contributed by atoms with Crippen molar-refractivity contribution in [1.29, 1.82) is 0 Å². The molecule has 1 atom stereocenters. The zero-order chi connectivity index (χ0) is 21.3. The van der Waals surface area contributed by atoms with Crippen molar-refractivity contribution in [2.75, 3.05) is 16.3 Å². The minimum Gasteiger partial charge on any atom is -0.305 e. The Morgan fingerprint density at radius 3 is 2.27 bits per heavy atom. The second-order valence-corrected chi connectivity index (χ2v) is 9.49. The molecule has 5 nitrogen and oxygen atoms in total. The lowest BCUT2D eigenvalue weighted by atomic mass is 9.96. The highest BCUT2D eigenvalue weighted by atomic mass is 32.2. The predicted octanol–water partition coefficient (Wildman–Crippen LogP) is 4.49. The predicted molar refractivity (Wildman–Crippen MR) is 120 cm³/mol. The summed E-state index contributed by atoms with van der Waals surface area (Å²) >= 11 is 0. The molecule has 6 heteroatoms. The molecule has 1 amide bonds. The van der Waals surface area contributed by atoms with E-state index in [-0.39, 0.29) is 16.8 Å². The number of amides is 1. The van der Waals surface area contributed by atoms with E-state index in [0.29, 0.717) is 11.3 Å². The summed E-state index contributed by atoms with van der Waals surface area (Å²) in [5, 5.41) is 0. The molecule has 0 radical (unpaired) electrons. The maximum Gasteiger partial charge on any atom is 0.264 e. The summed E-state index contributed by atoms with van der Waals surface area (Å²) in [5.74, 6) is -0.116. The van der Waals surface area contributed by atoms with Crippen LogP contribution in [0.1, 0.15) is 29.3 Å². The van der Waals surface area contributed by atoms with E-state index < -0.39 is 10.0 Å².